The summed E-state index contributed by atoms with van der Waals surface area (Å²) in [5.41, 5.74) is 3.67. The number of hydrogen-bond donors (Lipinski definition) is 0. The van der Waals surface area contributed by atoms with Gasteiger partial charge in [-0.15, -0.1) is 0 Å². The number of hydrogen-bond acceptors (Lipinski definition) is 4. The Morgan fingerprint density at radius 3 is 1.86 bits per heavy atom. The lowest BCUT2D eigenvalue weighted by Crippen LogP contribution is -2.33. The first-order valence-electron chi connectivity index (χ1n) is 11.2. The Labute approximate surface area is 200 Å². The second-order valence-electron chi connectivity index (χ2n) is 8.34. The molecule has 2 amide bonds. The summed E-state index contributed by atoms with van der Waals surface area (Å²) in [4.78, 5) is 45.4. The molecule has 0 atom stereocenters. The van der Waals surface area contributed by atoms with Crippen molar-refractivity contribution in [2.24, 2.45) is 0 Å². The second kappa shape index (κ2) is 8.18. The molecule has 35 heavy (non-hydrogen) atoms. The minimum Gasteiger partial charge on any atom is -0.269 e. The molecule has 0 saturated carbocycles. The zero-order valence-corrected chi connectivity index (χ0v) is 18.6. The van der Waals surface area contributed by atoms with Crippen molar-refractivity contribution in [1.82, 2.24) is 14.5 Å². The standard InChI is InChI=1S/C29H19N3O3/c33-27-22-10-4-5-11-23(22)28(34)31(27)18-26-30-25-13-7-6-12-24(25)29(35)32(26)21-16-14-20(15-17-21)19-8-2-1-3-9-19/h1-17H,18H2. The van der Waals surface area contributed by atoms with E-state index >= 15 is 0 Å². The van der Waals surface area contributed by atoms with Gasteiger partial charge in [-0.25, -0.2) is 4.98 Å². The number of carbonyl (C=O) groups is 2. The van der Waals surface area contributed by atoms with Crippen LogP contribution in [0.5, 0.6) is 0 Å². The van der Waals surface area contributed by atoms with Crippen LogP contribution in [0.2, 0.25) is 0 Å². The van der Waals surface area contributed by atoms with Crippen molar-refractivity contribution in [3.05, 3.63) is 130 Å². The molecule has 6 heteroatoms. The molecule has 0 N–H and O–H groups in total. The van der Waals surface area contributed by atoms with E-state index in [1.54, 1.807) is 48.5 Å². The van der Waals surface area contributed by atoms with E-state index in [0.29, 0.717) is 33.5 Å². The van der Waals surface area contributed by atoms with Gasteiger partial charge >= 0.3 is 0 Å². The Kier molecular flexibility index (Phi) is 4.85. The van der Waals surface area contributed by atoms with Crippen LogP contribution in [-0.4, -0.2) is 26.3 Å². The van der Waals surface area contributed by atoms with Crippen molar-refractivity contribution in [2.75, 3.05) is 0 Å². The van der Waals surface area contributed by atoms with Crippen molar-refractivity contribution in [3.63, 3.8) is 0 Å². The molecule has 2 heterocycles. The Balaban J connectivity index is 1.47. The van der Waals surface area contributed by atoms with Crippen LogP contribution in [0.3, 0.4) is 0 Å². The van der Waals surface area contributed by atoms with Gasteiger partial charge in [0.25, 0.3) is 17.4 Å². The molecule has 6 nitrogen and oxygen atoms in total. The third kappa shape index (κ3) is 3.43. The van der Waals surface area contributed by atoms with E-state index < -0.39 is 0 Å². The van der Waals surface area contributed by atoms with Crippen LogP contribution in [0.25, 0.3) is 27.7 Å². The first kappa shape index (κ1) is 20.7. The maximum absolute atomic E-state index is 13.6. The number of para-hydroxylation sites is 1. The van der Waals surface area contributed by atoms with Crippen LogP contribution in [-0.2, 0) is 6.54 Å². The van der Waals surface area contributed by atoms with Gasteiger partial charge < -0.3 is 0 Å². The molecule has 4 aromatic carbocycles. The topological polar surface area (TPSA) is 72.3 Å². The molecule has 0 bridgehead atoms. The summed E-state index contributed by atoms with van der Waals surface area (Å²) in [7, 11) is 0. The number of imide groups is 1. The number of aromatic nitrogens is 2. The van der Waals surface area contributed by atoms with Crippen molar-refractivity contribution in [3.8, 4) is 16.8 Å². The third-order valence-corrected chi connectivity index (χ3v) is 6.26. The van der Waals surface area contributed by atoms with Gasteiger partial charge in [0.2, 0.25) is 0 Å². The van der Waals surface area contributed by atoms with Gasteiger partial charge in [-0.2, -0.15) is 0 Å². The molecule has 1 aliphatic rings. The summed E-state index contributed by atoms with van der Waals surface area (Å²) in [6, 6.07) is 31.4. The molecule has 0 radical (unpaired) electrons. The number of amides is 2. The second-order valence-corrected chi connectivity index (χ2v) is 8.34. The molecular formula is C29H19N3O3. The molecule has 0 aliphatic carbocycles. The molecule has 0 saturated heterocycles. The van der Waals surface area contributed by atoms with Gasteiger partial charge in [-0.3, -0.25) is 23.9 Å². The van der Waals surface area contributed by atoms with Crippen LogP contribution < -0.4 is 5.56 Å². The summed E-state index contributed by atoms with van der Waals surface area (Å²) in [6.45, 7) is -0.118. The fraction of sp³-hybridized carbons (Fsp3) is 0.0345. The van der Waals surface area contributed by atoms with Gasteiger partial charge in [0.1, 0.15) is 5.82 Å². The van der Waals surface area contributed by atoms with Gasteiger partial charge in [-0.05, 0) is 47.5 Å². The molecule has 1 aromatic heterocycles. The molecule has 0 unspecified atom stereocenters. The summed E-state index contributed by atoms with van der Waals surface area (Å²) < 4.78 is 1.49. The Bertz CT molecular complexity index is 1640. The van der Waals surface area contributed by atoms with Crippen LogP contribution >= 0.6 is 0 Å². The number of rotatable bonds is 4. The van der Waals surface area contributed by atoms with Gasteiger partial charge in [-0.1, -0.05) is 66.7 Å². The lowest BCUT2D eigenvalue weighted by atomic mass is 10.1. The van der Waals surface area contributed by atoms with E-state index in [9.17, 15) is 14.4 Å². The van der Waals surface area contributed by atoms with Gasteiger partial charge in [0, 0.05) is 0 Å². The van der Waals surface area contributed by atoms with Crippen LogP contribution in [0, 0.1) is 0 Å². The highest BCUT2D eigenvalue weighted by molar-refractivity contribution is 6.21. The largest absolute Gasteiger partial charge is 0.269 e. The quantitative estimate of drug-likeness (QED) is 0.362. The molecule has 1 aliphatic heterocycles. The van der Waals surface area contributed by atoms with Crippen molar-refractivity contribution in [1.29, 1.82) is 0 Å². The highest BCUT2D eigenvalue weighted by Gasteiger charge is 2.36. The Hall–Kier alpha value is -4.84. The number of nitrogens with zero attached hydrogens (tertiary/aromatic N) is 3. The Morgan fingerprint density at radius 2 is 1.17 bits per heavy atom. The summed E-state index contributed by atoms with van der Waals surface area (Å²) >= 11 is 0. The monoisotopic (exact) mass is 457 g/mol. The van der Waals surface area contributed by atoms with Crippen LogP contribution in [0.15, 0.2) is 108 Å². The van der Waals surface area contributed by atoms with E-state index in [1.165, 1.54) is 4.57 Å². The lowest BCUT2D eigenvalue weighted by Gasteiger charge is -2.18. The minimum absolute atomic E-state index is 0.118. The van der Waals surface area contributed by atoms with E-state index in [2.05, 4.69) is 0 Å². The minimum atomic E-state index is -0.390. The molecule has 5 aromatic rings. The fourth-order valence-electron chi connectivity index (χ4n) is 4.51. The maximum atomic E-state index is 13.6. The average molecular weight is 457 g/mol. The molecule has 6 rings (SSSR count). The SMILES string of the molecule is O=C1c2ccccc2C(=O)N1Cc1nc2ccccc2c(=O)n1-c1ccc(-c2ccccc2)cc1. The third-order valence-electron chi connectivity index (χ3n) is 6.26. The predicted octanol–water partition coefficient (Wildman–Crippen LogP) is 4.85. The number of benzene rings is 4. The molecular weight excluding hydrogens is 438 g/mol. The predicted molar refractivity (Wildman–Crippen MR) is 133 cm³/mol. The fourth-order valence-corrected chi connectivity index (χ4v) is 4.51. The first-order valence-corrected chi connectivity index (χ1v) is 11.2. The van der Waals surface area contributed by atoms with Gasteiger partial charge in [0.05, 0.1) is 34.3 Å². The number of fused-ring (bicyclic) bond motifs is 2. The normalized spacial score (nSPS) is 12.9. The highest BCUT2D eigenvalue weighted by Crippen LogP contribution is 2.26. The highest BCUT2D eigenvalue weighted by atomic mass is 16.2. The van der Waals surface area contributed by atoms with Crippen LogP contribution in [0.4, 0.5) is 0 Å². The maximum Gasteiger partial charge on any atom is 0.266 e. The molecule has 168 valence electrons. The van der Waals surface area contributed by atoms with Crippen molar-refractivity contribution >= 4 is 22.7 Å². The average Bonchev–Trinajstić information content (AvgIpc) is 3.14. The molecule has 0 spiro atoms. The Morgan fingerprint density at radius 1 is 0.600 bits per heavy atom. The first-order chi connectivity index (χ1) is 17.1. The molecule has 0 fully saturated rings. The summed E-state index contributed by atoms with van der Waals surface area (Å²) in [6.07, 6.45) is 0. The van der Waals surface area contributed by atoms with E-state index in [-0.39, 0.29) is 23.9 Å². The van der Waals surface area contributed by atoms with Crippen molar-refractivity contribution < 1.29 is 9.59 Å². The number of carbonyl (C=O) groups excluding carboxylic acids is 2. The smallest absolute Gasteiger partial charge is 0.266 e. The van der Waals surface area contributed by atoms with E-state index in [4.69, 9.17) is 4.98 Å². The van der Waals surface area contributed by atoms with E-state index in [1.807, 2.05) is 54.6 Å². The summed E-state index contributed by atoms with van der Waals surface area (Å²) in [5, 5.41) is 0.464. The van der Waals surface area contributed by atoms with Crippen LogP contribution in [0.1, 0.15) is 26.5 Å². The summed E-state index contributed by atoms with van der Waals surface area (Å²) in [5.74, 6) is -0.464. The van der Waals surface area contributed by atoms with Crippen molar-refractivity contribution in [2.45, 2.75) is 6.54 Å². The zero-order chi connectivity index (χ0) is 23.9. The van der Waals surface area contributed by atoms with E-state index in [0.717, 1.165) is 16.0 Å². The van der Waals surface area contributed by atoms with Gasteiger partial charge in [0.15, 0.2) is 0 Å². The zero-order valence-electron chi connectivity index (χ0n) is 18.6. The lowest BCUT2D eigenvalue weighted by molar-refractivity contribution is 0.0637.